The van der Waals surface area contributed by atoms with Crippen LogP contribution in [0.25, 0.3) is 10.8 Å². The second-order valence-corrected chi connectivity index (χ2v) is 3.70. The van der Waals surface area contributed by atoms with E-state index in [1.807, 2.05) is 0 Å². The van der Waals surface area contributed by atoms with Crippen LogP contribution in [0.15, 0.2) is 24.3 Å². The van der Waals surface area contributed by atoms with Crippen molar-refractivity contribution in [2.45, 2.75) is 0 Å². The molecule has 0 aromatic heterocycles. The molecule has 92 valence electrons. The van der Waals surface area contributed by atoms with Crippen molar-refractivity contribution in [2.75, 3.05) is 0 Å². The molecule has 0 radical (unpaired) electrons. The summed E-state index contributed by atoms with van der Waals surface area (Å²) in [5.41, 5.74) is -0.454. The van der Waals surface area contributed by atoms with Gasteiger partial charge in [-0.25, -0.2) is 9.59 Å². The van der Waals surface area contributed by atoms with Crippen LogP contribution >= 0.6 is 0 Å². The number of aromatic hydroxyl groups is 2. The van der Waals surface area contributed by atoms with Gasteiger partial charge in [0.05, 0.1) is 11.1 Å². The number of aromatic carboxylic acids is 2. The number of phenolic OH excluding ortho intramolecular Hbond substituents is 2. The molecule has 4 N–H and O–H groups in total. The molecular formula is C12H8O6. The lowest BCUT2D eigenvalue weighted by atomic mass is 10.00. The van der Waals surface area contributed by atoms with Crippen LogP contribution in [0.4, 0.5) is 0 Å². The van der Waals surface area contributed by atoms with Crippen LogP contribution < -0.4 is 0 Å². The van der Waals surface area contributed by atoms with Gasteiger partial charge in [0.15, 0.2) is 11.5 Å². The van der Waals surface area contributed by atoms with Gasteiger partial charge in [0, 0.05) is 5.39 Å². The molecule has 2 rings (SSSR count). The van der Waals surface area contributed by atoms with Crippen molar-refractivity contribution < 1.29 is 30.0 Å². The van der Waals surface area contributed by atoms with Gasteiger partial charge in [0.1, 0.15) is 0 Å². The summed E-state index contributed by atoms with van der Waals surface area (Å²) < 4.78 is 0. The minimum absolute atomic E-state index is 0.155. The Kier molecular flexibility index (Phi) is 2.55. The maximum Gasteiger partial charge on any atom is 0.336 e. The van der Waals surface area contributed by atoms with Crippen LogP contribution in [-0.2, 0) is 0 Å². The van der Waals surface area contributed by atoms with Crippen molar-refractivity contribution >= 4 is 22.7 Å². The highest BCUT2D eigenvalue weighted by atomic mass is 16.4. The SMILES string of the molecule is O=C(O)c1cc(C(=O)O)c2cc(O)c(O)cc2c1. The summed E-state index contributed by atoms with van der Waals surface area (Å²) in [5, 5.41) is 36.9. The van der Waals surface area contributed by atoms with Gasteiger partial charge < -0.3 is 20.4 Å². The fourth-order valence-electron chi connectivity index (χ4n) is 1.69. The van der Waals surface area contributed by atoms with Crippen molar-refractivity contribution in [1.82, 2.24) is 0 Å². The van der Waals surface area contributed by atoms with Gasteiger partial charge in [-0.1, -0.05) is 0 Å². The van der Waals surface area contributed by atoms with Crippen molar-refractivity contribution in [3.8, 4) is 11.5 Å². The number of carboxylic acids is 2. The Bertz CT molecular complexity index is 674. The third-order valence-electron chi connectivity index (χ3n) is 2.53. The quantitative estimate of drug-likeness (QED) is 0.600. The Morgan fingerprint density at radius 2 is 1.44 bits per heavy atom. The predicted molar refractivity (Wildman–Crippen MR) is 61.2 cm³/mol. The van der Waals surface area contributed by atoms with E-state index in [0.717, 1.165) is 18.2 Å². The number of carboxylic acid groups (broad SMARTS) is 2. The predicted octanol–water partition coefficient (Wildman–Crippen LogP) is 1.65. The highest BCUT2D eigenvalue weighted by Crippen LogP contribution is 2.32. The monoisotopic (exact) mass is 248 g/mol. The Morgan fingerprint density at radius 3 is 2.00 bits per heavy atom. The summed E-state index contributed by atoms with van der Waals surface area (Å²) in [7, 11) is 0. The first kappa shape index (κ1) is 11.7. The van der Waals surface area contributed by atoms with E-state index < -0.39 is 23.4 Å². The van der Waals surface area contributed by atoms with Crippen molar-refractivity contribution in [1.29, 1.82) is 0 Å². The fraction of sp³-hybridized carbons (Fsp3) is 0. The van der Waals surface area contributed by atoms with Crippen molar-refractivity contribution in [3.05, 3.63) is 35.4 Å². The summed E-state index contributed by atoms with van der Waals surface area (Å²) >= 11 is 0. The molecule has 6 heteroatoms. The summed E-state index contributed by atoms with van der Waals surface area (Å²) in [6.07, 6.45) is 0. The number of benzene rings is 2. The lowest BCUT2D eigenvalue weighted by molar-refractivity contribution is 0.0696. The number of carbonyl (C=O) groups is 2. The summed E-state index contributed by atoms with van der Waals surface area (Å²) in [6, 6.07) is 4.43. The van der Waals surface area contributed by atoms with E-state index in [-0.39, 0.29) is 21.9 Å². The number of rotatable bonds is 2. The smallest absolute Gasteiger partial charge is 0.336 e. The number of fused-ring (bicyclic) bond motifs is 1. The number of phenols is 2. The minimum Gasteiger partial charge on any atom is -0.504 e. The molecule has 0 aliphatic heterocycles. The molecule has 18 heavy (non-hydrogen) atoms. The fourth-order valence-corrected chi connectivity index (χ4v) is 1.69. The average Bonchev–Trinajstić information content (AvgIpc) is 2.29. The third kappa shape index (κ3) is 1.80. The molecule has 2 aromatic rings. The van der Waals surface area contributed by atoms with Gasteiger partial charge in [0.2, 0.25) is 0 Å². The average molecular weight is 248 g/mol. The van der Waals surface area contributed by atoms with E-state index >= 15 is 0 Å². The van der Waals surface area contributed by atoms with Crippen LogP contribution in [0.2, 0.25) is 0 Å². The molecule has 6 nitrogen and oxygen atoms in total. The zero-order valence-corrected chi connectivity index (χ0v) is 8.91. The van der Waals surface area contributed by atoms with E-state index in [4.69, 9.17) is 10.2 Å². The highest BCUT2D eigenvalue weighted by molar-refractivity contribution is 6.07. The van der Waals surface area contributed by atoms with Crippen LogP contribution in [0.5, 0.6) is 11.5 Å². The number of hydrogen-bond acceptors (Lipinski definition) is 4. The van der Waals surface area contributed by atoms with E-state index in [1.165, 1.54) is 6.07 Å². The standard InChI is InChI=1S/C12H8O6/c13-9-3-5-1-6(11(15)16)2-8(12(17)18)7(5)4-10(9)14/h1-4,13-14H,(H,15,16)(H,17,18). The summed E-state index contributed by atoms with van der Waals surface area (Å²) in [4.78, 5) is 21.9. The van der Waals surface area contributed by atoms with E-state index in [9.17, 15) is 19.8 Å². The third-order valence-corrected chi connectivity index (χ3v) is 2.53. The number of hydrogen-bond donors (Lipinski definition) is 4. The van der Waals surface area contributed by atoms with Gasteiger partial charge in [-0.05, 0) is 29.7 Å². The van der Waals surface area contributed by atoms with Gasteiger partial charge in [0.25, 0.3) is 0 Å². The summed E-state index contributed by atoms with van der Waals surface area (Å²) in [5.74, 6) is -3.49. The molecule has 0 aliphatic rings. The highest BCUT2D eigenvalue weighted by Gasteiger charge is 2.15. The van der Waals surface area contributed by atoms with Crippen LogP contribution in [0.3, 0.4) is 0 Å². The van der Waals surface area contributed by atoms with Gasteiger partial charge in [-0.2, -0.15) is 0 Å². The zero-order chi connectivity index (χ0) is 13.4. The second kappa shape index (κ2) is 3.92. The van der Waals surface area contributed by atoms with E-state index in [1.54, 1.807) is 0 Å². The van der Waals surface area contributed by atoms with Crippen molar-refractivity contribution in [2.24, 2.45) is 0 Å². The lowest BCUT2D eigenvalue weighted by Gasteiger charge is -2.07. The first-order valence-corrected chi connectivity index (χ1v) is 4.86. The Morgan fingerprint density at radius 1 is 0.833 bits per heavy atom. The first-order valence-electron chi connectivity index (χ1n) is 4.86. The molecule has 0 spiro atoms. The Balaban J connectivity index is 2.89. The minimum atomic E-state index is -1.31. The maximum absolute atomic E-state index is 11.0. The molecule has 0 bridgehead atoms. The van der Waals surface area contributed by atoms with Gasteiger partial charge in [-0.15, -0.1) is 0 Å². The molecule has 0 amide bonds. The van der Waals surface area contributed by atoms with Crippen LogP contribution in [-0.4, -0.2) is 32.4 Å². The lowest BCUT2D eigenvalue weighted by Crippen LogP contribution is -2.03. The van der Waals surface area contributed by atoms with Crippen LogP contribution in [0.1, 0.15) is 20.7 Å². The van der Waals surface area contributed by atoms with Crippen LogP contribution in [0, 0.1) is 0 Å². The van der Waals surface area contributed by atoms with Crippen molar-refractivity contribution in [3.63, 3.8) is 0 Å². The molecule has 0 unspecified atom stereocenters. The molecule has 0 fully saturated rings. The second-order valence-electron chi connectivity index (χ2n) is 3.70. The molecule has 0 saturated carbocycles. The largest absolute Gasteiger partial charge is 0.504 e. The topological polar surface area (TPSA) is 115 Å². The molecule has 2 aromatic carbocycles. The molecule has 0 heterocycles. The molecule has 0 aliphatic carbocycles. The van der Waals surface area contributed by atoms with Gasteiger partial charge in [-0.3, -0.25) is 0 Å². The Labute approximate surface area is 100 Å². The molecular weight excluding hydrogens is 240 g/mol. The molecule has 0 atom stereocenters. The molecule has 0 saturated heterocycles. The normalized spacial score (nSPS) is 10.4. The first-order chi connectivity index (χ1) is 8.40. The Hall–Kier alpha value is -2.76. The summed E-state index contributed by atoms with van der Waals surface area (Å²) in [6.45, 7) is 0. The van der Waals surface area contributed by atoms with E-state index in [2.05, 4.69) is 0 Å². The maximum atomic E-state index is 11.0. The van der Waals surface area contributed by atoms with E-state index in [0.29, 0.717) is 0 Å². The van der Waals surface area contributed by atoms with Gasteiger partial charge >= 0.3 is 11.9 Å². The zero-order valence-electron chi connectivity index (χ0n) is 8.91.